The van der Waals surface area contributed by atoms with Crippen LogP contribution in [0.3, 0.4) is 0 Å². The average Bonchev–Trinajstić information content (AvgIpc) is 3.18. The summed E-state index contributed by atoms with van der Waals surface area (Å²) in [5.74, 6) is 1.17. The molecule has 6 heteroatoms. The number of carbonyl (C=O) groups excluding carboxylic acids is 1. The van der Waals surface area contributed by atoms with E-state index in [0.29, 0.717) is 17.3 Å². The lowest BCUT2D eigenvalue weighted by molar-refractivity contribution is 0.101. The molecule has 4 rings (SSSR count). The van der Waals surface area contributed by atoms with E-state index in [4.69, 9.17) is 9.26 Å². The van der Waals surface area contributed by atoms with Gasteiger partial charge in [0.2, 0.25) is 0 Å². The van der Waals surface area contributed by atoms with E-state index in [0.717, 1.165) is 16.5 Å². The first-order valence-corrected chi connectivity index (χ1v) is 8.02. The van der Waals surface area contributed by atoms with Crippen LogP contribution in [0.5, 0.6) is 5.75 Å². The Bertz CT molecular complexity index is 1090. The van der Waals surface area contributed by atoms with Gasteiger partial charge in [-0.15, -0.1) is 0 Å². The van der Waals surface area contributed by atoms with Gasteiger partial charge in [0.15, 0.2) is 11.5 Å². The van der Waals surface area contributed by atoms with Gasteiger partial charge < -0.3 is 14.6 Å². The van der Waals surface area contributed by atoms with Gasteiger partial charge in [-0.1, -0.05) is 35.5 Å². The first-order valence-electron chi connectivity index (χ1n) is 8.02. The van der Waals surface area contributed by atoms with E-state index < -0.39 is 5.91 Å². The molecule has 0 aliphatic carbocycles. The number of hydrogen-bond donors (Lipinski definition) is 1. The van der Waals surface area contributed by atoms with Crippen molar-refractivity contribution in [1.82, 2.24) is 10.1 Å². The van der Waals surface area contributed by atoms with Crippen molar-refractivity contribution in [2.45, 2.75) is 0 Å². The Morgan fingerprint density at radius 2 is 1.85 bits per heavy atom. The van der Waals surface area contributed by atoms with Gasteiger partial charge in [-0.25, -0.2) is 4.98 Å². The Labute approximate surface area is 149 Å². The van der Waals surface area contributed by atoms with E-state index in [1.807, 2.05) is 54.6 Å². The Hall–Kier alpha value is -3.67. The standard InChI is InChI=1S/C20H15N3O3/c1-25-17-9-5-3-7-14(17)18-12-16(23-26-18)20(24)22-19-11-10-13-6-2-4-8-15(13)21-19/h2-12H,1H3,(H,21,22,24). The van der Waals surface area contributed by atoms with Crippen LogP contribution in [-0.2, 0) is 0 Å². The molecule has 0 radical (unpaired) electrons. The highest BCUT2D eigenvalue weighted by molar-refractivity contribution is 6.03. The predicted octanol–water partition coefficient (Wildman–Crippen LogP) is 4.15. The Morgan fingerprint density at radius 1 is 1.04 bits per heavy atom. The Morgan fingerprint density at radius 3 is 2.73 bits per heavy atom. The molecule has 0 aliphatic rings. The van der Waals surface area contributed by atoms with Crippen LogP contribution in [0.2, 0.25) is 0 Å². The third-order valence-corrected chi connectivity index (χ3v) is 3.96. The SMILES string of the molecule is COc1ccccc1-c1cc(C(=O)Nc2ccc3ccccc3n2)no1. The van der Waals surface area contributed by atoms with Crippen molar-refractivity contribution in [2.24, 2.45) is 0 Å². The fourth-order valence-electron chi connectivity index (χ4n) is 2.67. The zero-order chi connectivity index (χ0) is 17.9. The molecule has 128 valence electrons. The van der Waals surface area contributed by atoms with Crippen molar-refractivity contribution < 1.29 is 14.1 Å². The smallest absolute Gasteiger partial charge is 0.279 e. The molecule has 0 unspecified atom stereocenters. The number of benzene rings is 2. The maximum Gasteiger partial charge on any atom is 0.279 e. The molecule has 4 aromatic rings. The molecule has 0 saturated heterocycles. The third-order valence-electron chi connectivity index (χ3n) is 3.96. The van der Waals surface area contributed by atoms with Crippen LogP contribution in [0.15, 0.2) is 71.3 Å². The largest absolute Gasteiger partial charge is 0.496 e. The highest BCUT2D eigenvalue weighted by Gasteiger charge is 2.16. The van der Waals surface area contributed by atoms with Crippen molar-refractivity contribution in [1.29, 1.82) is 0 Å². The second-order valence-electron chi connectivity index (χ2n) is 5.62. The number of nitrogens with one attached hydrogen (secondary N) is 1. The van der Waals surface area contributed by atoms with Crippen LogP contribution in [0.4, 0.5) is 5.82 Å². The van der Waals surface area contributed by atoms with Crippen molar-refractivity contribution in [3.8, 4) is 17.1 Å². The molecule has 0 saturated carbocycles. The molecule has 1 N–H and O–H groups in total. The number of pyridine rings is 1. The number of hydrogen-bond acceptors (Lipinski definition) is 5. The number of nitrogens with zero attached hydrogens (tertiary/aromatic N) is 2. The van der Waals surface area contributed by atoms with E-state index in [2.05, 4.69) is 15.5 Å². The van der Waals surface area contributed by atoms with Gasteiger partial charge in [-0.2, -0.15) is 0 Å². The topological polar surface area (TPSA) is 77.2 Å². The molecular formula is C20H15N3O3. The van der Waals surface area contributed by atoms with Crippen LogP contribution < -0.4 is 10.1 Å². The molecule has 6 nitrogen and oxygen atoms in total. The highest BCUT2D eigenvalue weighted by Crippen LogP contribution is 2.30. The Balaban J connectivity index is 1.58. The average molecular weight is 345 g/mol. The van der Waals surface area contributed by atoms with Crippen LogP contribution >= 0.6 is 0 Å². The lowest BCUT2D eigenvalue weighted by Gasteiger charge is -2.04. The molecule has 0 atom stereocenters. The summed E-state index contributed by atoms with van der Waals surface area (Å²) in [5.41, 5.74) is 1.70. The summed E-state index contributed by atoms with van der Waals surface area (Å²) in [4.78, 5) is 16.9. The highest BCUT2D eigenvalue weighted by atomic mass is 16.5. The van der Waals surface area contributed by atoms with Gasteiger partial charge in [0.1, 0.15) is 11.6 Å². The lowest BCUT2D eigenvalue weighted by Crippen LogP contribution is -2.13. The van der Waals surface area contributed by atoms with Crippen LogP contribution in [0.25, 0.3) is 22.2 Å². The number of ether oxygens (including phenoxy) is 1. The summed E-state index contributed by atoms with van der Waals surface area (Å²) in [6.45, 7) is 0. The number of para-hydroxylation sites is 2. The zero-order valence-electron chi connectivity index (χ0n) is 14.0. The molecule has 2 heterocycles. The minimum absolute atomic E-state index is 0.167. The van der Waals surface area contributed by atoms with Crippen molar-refractivity contribution in [3.63, 3.8) is 0 Å². The van der Waals surface area contributed by atoms with Gasteiger partial charge in [0.05, 0.1) is 18.2 Å². The van der Waals surface area contributed by atoms with E-state index in [9.17, 15) is 4.79 Å². The second kappa shape index (κ2) is 6.68. The maximum absolute atomic E-state index is 12.4. The van der Waals surface area contributed by atoms with Gasteiger partial charge in [-0.3, -0.25) is 4.79 Å². The molecule has 26 heavy (non-hydrogen) atoms. The number of aromatic nitrogens is 2. The summed E-state index contributed by atoms with van der Waals surface area (Å²) in [5, 5.41) is 7.60. The van der Waals surface area contributed by atoms with E-state index >= 15 is 0 Å². The summed E-state index contributed by atoms with van der Waals surface area (Å²) >= 11 is 0. The monoisotopic (exact) mass is 345 g/mol. The number of rotatable bonds is 4. The Kier molecular flexibility index (Phi) is 4.07. The second-order valence-corrected chi connectivity index (χ2v) is 5.62. The van der Waals surface area contributed by atoms with Gasteiger partial charge in [-0.05, 0) is 30.3 Å². The molecular weight excluding hydrogens is 330 g/mol. The molecule has 0 spiro atoms. The lowest BCUT2D eigenvalue weighted by atomic mass is 10.1. The first kappa shape index (κ1) is 15.8. The summed E-state index contributed by atoms with van der Waals surface area (Å²) in [7, 11) is 1.58. The van der Waals surface area contributed by atoms with E-state index in [1.165, 1.54) is 0 Å². The zero-order valence-corrected chi connectivity index (χ0v) is 14.0. The number of carbonyl (C=O) groups is 1. The molecule has 2 aromatic carbocycles. The van der Waals surface area contributed by atoms with Crippen molar-refractivity contribution >= 4 is 22.6 Å². The number of fused-ring (bicyclic) bond motifs is 1. The van der Waals surface area contributed by atoms with Crippen LogP contribution in [-0.4, -0.2) is 23.2 Å². The fourth-order valence-corrected chi connectivity index (χ4v) is 2.67. The summed E-state index contributed by atoms with van der Waals surface area (Å²) in [6, 6.07) is 20.3. The van der Waals surface area contributed by atoms with Crippen LogP contribution in [0.1, 0.15) is 10.5 Å². The number of anilines is 1. The summed E-state index contributed by atoms with van der Waals surface area (Å²) in [6.07, 6.45) is 0. The van der Waals surface area contributed by atoms with Crippen molar-refractivity contribution in [3.05, 3.63) is 72.4 Å². The molecule has 1 amide bonds. The molecule has 0 aliphatic heterocycles. The third kappa shape index (κ3) is 3.00. The van der Waals surface area contributed by atoms with Gasteiger partial charge in [0.25, 0.3) is 5.91 Å². The molecule has 0 fully saturated rings. The molecule has 2 aromatic heterocycles. The normalized spacial score (nSPS) is 10.7. The maximum atomic E-state index is 12.4. The summed E-state index contributed by atoms with van der Waals surface area (Å²) < 4.78 is 10.6. The number of methoxy groups -OCH3 is 1. The minimum Gasteiger partial charge on any atom is -0.496 e. The fraction of sp³-hybridized carbons (Fsp3) is 0.0500. The van der Waals surface area contributed by atoms with Gasteiger partial charge in [0, 0.05) is 11.5 Å². The van der Waals surface area contributed by atoms with E-state index in [-0.39, 0.29) is 5.69 Å². The molecule has 0 bridgehead atoms. The van der Waals surface area contributed by atoms with Crippen LogP contribution in [0, 0.1) is 0 Å². The van der Waals surface area contributed by atoms with Crippen molar-refractivity contribution in [2.75, 3.05) is 12.4 Å². The predicted molar refractivity (Wildman–Crippen MR) is 98.2 cm³/mol. The first-order chi connectivity index (χ1) is 12.7. The minimum atomic E-state index is -0.391. The van der Waals surface area contributed by atoms with Gasteiger partial charge >= 0.3 is 0 Å². The van der Waals surface area contributed by atoms with E-state index in [1.54, 1.807) is 19.2 Å². The quantitative estimate of drug-likeness (QED) is 0.601. The number of amides is 1.